The van der Waals surface area contributed by atoms with Crippen LogP contribution in [-0.2, 0) is 11.2 Å². The minimum atomic E-state index is -0.398. The lowest BCUT2D eigenvalue weighted by Crippen LogP contribution is -2.12. The van der Waals surface area contributed by atoms with Gasteiger partial charge in [0.25, 0.3) is 0 Å². The predicted molar refractivity (Wildman–Crippen MR) is 82.1 cm³/mol. The van der Waals surface area contributed by atoms with Crippen molar-refractivity contribution in [1.29, 1.82) is 0 Å². The zero-order valence-corrected chi connectivity index (χ0v) is 11.8. The van der Waals surface area contributed by atoms with Crippen molar-refractivity contribution in [2.24, 2.45) is 0 Å². The lowest BCUT2D eigenvalue weighted by Gasteiger charge is -2.19. The van der Waals surface area contributed by atoms with Gasteiger partial charge in [-0.25, -0.2) is 9.78 Å². The largest absolute Gasteiger partial charge is 0.465 e. The fourth-order valence-corrected chi connectivity index (χ4v) is 2.47. The van der Waals surface area contributed by atoms with Gasteiger partial charge in [0.2, 0.25) is 0 Å². The highest BCUT2D eigenvalue weighted by Gasteiger charge is 2.14. The number of nitrogens with zero attached hydrogens (tertiary/aromatic N) is 1. The number of anilines is 3. The standard InChI is InChI=1S/C16H17N3O2/c1-21-16(20)13-5-3-9-18-15(13)19-12-6-7-14-11(10-12)4-2-8-17-14/h3,5-7,9-10,17H,2,4,8H2,1H3,(H,18,19). The van der Waals surface area contributed by atoms with E-state index >= 15 is 0 Å². The summed E-state index contributed by atoms with van der Waals surface area (Å²) >= 11 is 0. The normalized spacial score (nSPS) is 13.0. The van der Waals surface area contributed by atoms with Crippen LogP contribution in [0.25, 0.3) is 0 Å². The van der Waals surface area contributed by atoms with Gasteiger partial charge in [0, 0.05) is 24.1 Å². The quantitative estimate of drug-likeness (QED) is 0.848. The number of hydrogen-bond donors (Lipinski definition) is 2. The van der Waals surface area contributed by atoms with Gasteiger partial charge in [0.1, 0.15) is 11.4 Å². The number of fused-ring (bicyclic) bond motifs is 1. The van der Waals surface area contributed by atoms with Crippen LogP contribution in [0.4, 0.5) is 17.2 Å². The molecule has 0 aliphatic carbocycles. The topological polar surface area (TPSA) is 63.2 Å². The van der Waals surface area contributed by atoms with Crippen LogP contribution in [0.15, 0.2) is 36.5 Å². The van der Waals surface area contributed by atoms with E-state index in [1.807, 2.05) is 6.07 Å². The molecule has 2 heterocycles. The molecule has 0 bridgehead atoms. The van der Waals surface area contributed by atoms with Crippen molar-refractivity contribution in [1.82, 2.24) is 4.98 Å². The molecule has 0 radical (unpaired) electrons. The number of aromatic nitrogens is 1. The molecule has 5 nitrogen and oxygen atoms in total. The van der Waals surface area contributed by atoms with E-state index in [0.717, 1.165) is 25.1 Å². The number of carbonyl (C=O) groups excluding carboxylic acids is 1. The van der Waals surface area contributed by atoms with Crippen LogP contribution in [0.3, 0.4) is 0 Å². The second-order valence-electron chi connectivity index (χ2n) is 4.92. The number of nitrogens with one attached hydrogen (secondary N) is 2. The molecule has 0 saturated heterocycles. The Balaban J connectivity index is 1.89. The Morgan fingerprint density at radius 2 is 2.29 bits per heavy atom. The molecular formula is C16H17N3O2. The third-order valence-electron chi connectivity index (χ3n) is 3.52. The first-order valence-corrected chi connectivity index (χ1v) is 6.95. The molecule has 2 N–H and O–H groups in total. The second kappa shape index (κ2) is 5.83. The number of esters is 1. The maximum atomic E-state index is 11.7. The fourth-order valence-electron chi connectivity index (χ4n) is 2.47. The molecule has 0 saturated carbocycles. The number of pyridine rings is 1. The average molecular weight is 283 g/mol. The van der Waals surface area contributed by atoms with Gasteiger partial charge in [0.15, 0.2) is 0 Å². The Bertz CT molecular complexity index is 670. The Hall–Kier alpha value is -2.56. The van der Waals surface area contributed by atoms with Gasteiger partial charge < -0.3 is 15.4 Å². The van der Waals surface area contributed by atoms with E-state index in [0.29, 0.717) is 11.4 Å². The summed E-state index contributed by atoms with van der Waals surface area (Å²) in [6.07, 6.45) is 3.84. The molecule has 1 aliphatic heterocycles. The van der Waals surface area contributed by atoms with Crippen molar-refractivity contribution in [3.05, 3.63) is 47.7 Å². The van der Waals surface area contributed by atoms with Crippen molar-refractivity contribution in [3.8, 4) is 0 Å². The highest BCUT2D eigenvalue weighted by Crippen LogP contribution is 2.27. The van der Waals surface area contributed by atoms with Gasteiger partial charge in [-0.3, -0.25) is 0 Å². The van der Waals surface area contributed by atoms with Gasteiger partial charge in [0.05, 0.1) is 7.11 Å². The molecule has 1 aliphatic rings. The van der Waals surface area contributed by atoms with Gasteiger partial charge in [-0.1, -0.05) is 0 Å². The van der Waals surface area contributed by atoms with Crippen molar-refractivity contribution in [3.63, 3.8) is 0 Å². The Labute approximate surface area is 123 Å². The Morgan fingerprint density at radius 3 is 3.14 bits per heavy atom. The number of hydrogen-bond acceptors (Lipinski definition) is 5. The number of aryl methyl sites for hydroxylation is 1. The van der Waals surface area contributed by atoms with E-state index in [9.17, 15) is 4.79 Å². The molecule has 1 aromatic carbocycles. The first-order chi connectivity index (χ1) is 10.3. The number of benzene rings is 1. The fraction of sp³-hybridized carbons (Fsp3) is 0.250. The van der Waals surface area contributed by atoms with E-state index in [1.54, 1.807) is 18.3 Å². The lowest BCUT2D eigenvalue weighted by atomic mass is 10.0. The van der Waals surface area contributed by atoms with E-state index < -0.39 is 5.97 Å². The van der Waals surface area contributed by atoms with Crippen molar-refractivity contribution in [2.75, 3.05) is 24.3 Å². The predicted octanol–water partition coefficient (Wildman–Crippen LogP) is 2.97. The maximum absolute atomic E-state index is 11.7. The summed E-state index contributed by atoms with van der Waals surface area (Å²) in [4.78, 5) is 16.0. The van der Waals surface area contributed by atoms with E-state index in [1.165, 1.54) is 18.4 Å². The molecule has 21 heavy (non-hydrogen) atoms. The summed E-state index contributed by atoms with van der Waals surface area (Å²) in [6.45, 7) is 1.02. The van der Waals surface area contributed by atoms with Gasteiger partial charge in [-0.05, 0) is 48.7 Å². The van der Waals surface area contributed by atoms with Crippen LogP contribution in [-0.4, -0.2) is 24.6 Å². The molecule has 0 atom stereocenters. The zero-order chi connectivity index (χ0) is 14.7. The monoisotopic (exact) mass is 283 g/mol. The van der Waals surface area contributed by atoms with Crippen molar-refractivity contribution < 1.29 is 9.53 Å². The molecule has 1 aromatic heterocycles. The molecular weight excluding hydrogens is 266 g/mol. The number of methoxy groups -OCH3 is 1. The summed E-state index contributed by atoms with van der Waals surface area (Å²) < 4.78 is 4.78. The molecule has 0 unspecified atom stereocenters. The second-order valence-corrected chi connectivity index (χ2v) is 4.92. The number of rotatable bonds is 3. The van der Waals surface area contributed by atoms with E-state index in [-0.39, 0.29) is 0 Å². The third-order valence-corrected chi connectivity index (χ3v) is 3.52. The van der Waals surface area contributed by atoms with Crippen molar-refractivity contribution in [2.45, 2.75) is 12.8 Å². The maximum Gasteiger partial charge on any atom is 0.341 e. The van der Waals surface area contributed by atoms with Crippen LogP contribution in [0.5, 0.6) is 0 Å². The van der Waals surface area contributed by atoms with Gasteiger partial charge in [-0.15, -0.1) is 0 Å². The Morgan fingerprint density at radius 1 is 1.38 bits per heavy atom. The molecule has 5 heteroatoms. The molecule has 0 fully saturated rings. The first kappa shape index (κ1) is 13.4. The van der Waals surface area contributed by atoms with Crippen molar-refractivity contribution >= 4 is 23.2 Å². The molecule has 3 rings (SSSR count). The smallest absolute Gasteiger partial charge is 0.341 e. The summed E-state index contributed by atoms with van der Waals surface area (Å²) in [5.41, 5.74) is 3.81. The van der Waals surface area contributed by atoms with Crippen LogP contribution in [0.1, 0.15) is 22.3 Å². The molecule has 0 amide bonds. The number of carbonyl (C=O) groups is 1. The van der Waals surface area contributed by atoms with Gasteiger partial charge in [-0.2, -0.15) is 0 Å². The SMILES string of the molecule is COC(=O)c1cccnc1Nc1ccc2c(c1)CCCN2. The van der Waals surface area contributed by atoms with Crippen LogP contribution >= 0.6 is 0 Å². The van der Waals surface area contributed by atoms with Crippen LogP contribution in [0, 0.1) is 0 Å². The van der Waals surface area contributed by atoms with E-state index in [2.05, 4.69) is 27.8 Å². The summed E-state index contributed by atoms with van der Waals surface area (Å²) in [7, 11) is 1.36. The minimum absolute atomic E-state index is 0.398. The molecule has 0 spiro atoms. The first-order valence-electron chi connectivity index (χ1n) is 6.95. The number of ether oxygens (including phenoxy) is 1. The summed E-state index contributed by atoms with van der Waals surface area (Å²) in [6, 6.07) is 9.54. The highest BCUT2D eigenvalue weighted by atomic mass is 16.5. The molecule has 2 aromatic rings. The summed E-state index contributed by atoms with van der Waals surface area (Å²) in [5.74, 6) is 0.110. The minimum Gasteiger partial charge on any atom is -0.465 e. The summed E-state index contributed by atoms with van der Waals surface area (Å²) in [5, 5.41) is 6.57. The average Bonchev–Trinajstić information content (AvgIpc) is 2.54. The van der Waals surface area contributed by atoms with Gasteiger partial charge >= 0.3 is 5.97 Å². The third kappa shape index (κ3) is 2.81. The molecule has 108 valence electrons. The lowest BCUT2D eigenvalue weighted by molar-refractivity contribution is 0.0601. The highest BCUT2D eigenvalue weighted by molar-refractivity contribution is 5.95. The Kier molecular flexibility index (Phi) is 3.73. The van der Waals surface area contributed by atoms with Crippen LogP contribution in [0.2, 0.25) is 0 Å². The van der Waals surface area contributed by atoms with E-state index in [4.69, 9.17) is 4.74 Å². The van der Waals surface area contributed by atoms with Crippen LogP contribution < -0.4 is 10.6 Å². The zero-order valence-electron chi connectivity index (χ0n) is 11.8.